The van der Waals surface area contributed by atoms with E-state index in [-0.39, 0.29) is 5.84 Å². The predicted octanol–water partition coefficient (Wildman–Crippen LogP) is 1.80. The summed E-state index contributed by atoms with van der Waals surface area (Å²) in [5.74, 6) is 0.115. The Labute approximate surface area is 102 Å². The Morgan fingerprint density at radius 1 is 1.59 bits per heavy atom. The van der Waals surface area contributed by atoms with Crippen molar-refractivity contribution in [1.82, 2.24) is 4.98 Å². The standard InChI is InChI=1S/C12H20N4O/c1-4-7-16(9(2)3)11-8-14-6-5-10(11)12(13)15-17/h5-6,8-9,17H,4,7H2,1-3H3,(H2,13,15). The highest BCUT2D eigenvalue weighted by atomic mass is 16.4. The fourth-order valence-electron chi connectivity index (χ4n) is 1.78. The van der Waals surface area contributed by atoms with Gasteiger partial charge in [-0.25, -0.2) is 0 Å². The van der Waals surface area contributed by atoms with Crippen LogP contribution in [0.1, 0.15) is 32.8 Å². The van der Waals surface area contributed by atoms with E-state index in [9.17, 15) is 0 Å². The first-order valence-corrected chi connectivity index (χ1v) is 5.80. The summed E-state index contributed by atoms with van der Waals surface area (Å²) < 4.78 is 0. The van der Waals surface area contributed by atoms with Crippen molar-refractivity contribution in [1.29, 1.82) is 0 Å². The van der Waals surface area contributed by atoms with Gasteiger partial charge in [-0.1, -0.05) is 12.1 Å². The molecule has 0 aliphatic heterocycles. The second-order valence-corrected chi connectivity index (χ2v) is 4.17. The number of aromatic nitrogens is 1. The van der Waals surface area contributed by atoms with E-state index >= 15 is 0 Å². The minimum atomic E-state index is 0.115. The van der Waals surface area contributed by atoms with Crippen LogP contribution in [0.25, 0.3) is 0 Å². The number of nitrogens with zero attached hydrogens (tertiary/aromatic N) is 3. The highest BCUT2D eigenvalue weighted by Crippen LogP contribution is 2.21. The van der Waals surface area contributed by atoms with Crippen molar-refractivity contribution in [2.24, 2.45) is 10.9 Å². The van der Waals surface area contributed by atoms with E-state index in [0.717, 1.165) is 18.7 Å². The number of hydrogen-bond acceptors (Lipinski definition) is 4. The average molecular weight is 236 g/mol. The third-order valence-corrected chi connectivity index (χ3v) is 2.58. The number of pyridine rings is 1. The fraction of sp³-hybridized carbons (Fsp3) is 0.500. The van der Waals surface area contributed by atoms with Crippen LogP contribution in [0.2, 0.25) is 0 Å². The zero-order valence-electron chi connectivity index (χ0n) is 10.6. The van der Waals surface area contributed by atoms with Gasteiger partial charge in [-0.2, -0.15) is 0 Å². The van der Waals surface area contributed by atoms with Crippen LogP contribution >= 0.6 is 0 Å². The smallest absolute Gasteiger partial charge is 0.172 e. The Morgan fingerprint density at radius 2 is 2.29 bits per heavy atom. The molecule has 0 saturated carbocycles. The summed E-state index contributed by atoms with van der Waals surface area (Å²) in [5.41, 5.74) is 7.29. The van der Waals surface area contributed by atoms with Gasteiger partial charge in [0.15, 0.2) is 5.84 Å². The van der Waals surface area contributed by atoms with Gasteiger partial charge in [-0.15, -0.1) is 0 Å². The monoisotopic (exact) mass is 236 g/mol. The molecule has 1 aromatic rings. The van der Waals surface area contributed by atoms with Crippen molar-refractivity contribution in [3.63, 3.8) is 0 Å². The molecule has 1 rings (SSSR count). The molecule has 94 valence electrons. The van der Waals surface area contributed by atoms with E-state index in [1.165, 1.54) is 0 Å². The Bertz CT molecular complexity index is 390. The molecule has 0 aliphatic carbocycles. The molecule has 3 N–H and O–H groups in total. The van der Waals surface area contributed by atoms with Gasteiger partial charge in [0.1, 0.15) is 0 Å². The van der Waals surface area contributed by atoms with Crippen molar-refractivity contribution in [2.45, 2.75) is 33.2 Å². The van der Waals surface area contributed by atoms with Crippen LogP contribution in [0.15, 0.2) is 23.6 Å². The highest BCUT2D eigenvalue weighted by molar-refractivity contribution is 6.02. The molecular formula is C12H20N4O. The minimum absolute atomic E-state index is 0.115. The van der Waals surface area contributed by atoms with Crippen LogP contribution in [-0.4, -0.2) is 28.6 Å². The van der Waals surface area contributed by atoms with E-state index < -0.39 is 0 Å². The Balaban J connectivity index is 3.18. The quantitative estimate of drug-likeness (QED) is 0.354. The molecule has 17 heavy (non-hydrogen) atoms. The van der Waals surface area contributed by atoms with Gasteiger partial charge >= 0.3 is 0 Å². The van der Waals surface area contributed by atoms with Crippen LogP contribution in [0.3, 0.4) is 0 Å². The number of rotatable bonds is 5. The molecule has 0 radical (unpaired) electrons. The number of anilines is 1. The van der Waals surface area contributed by atoms with E-state index in [0.29, 0.717) is 11.6 Å². The van der Waals surface area contributed by atoms with E-state index in [1.807, 2.05) is 0 Å². The van der Waals surface area contributed by atoms with Crippen LogP contribution < -0.4 is 10.6 Å². The summed E-state index contributed by atoms with van der Waals surface area (Å²) >= 11 is 0. The van der Waals surface area contributed by atoms with Crippen molar-refractivity contribution in [3.8, 4) is 0 Å². The first-order valence-electron chi connectivity index (χ1n) is 5.80. The molecule has 0 unspecified atom stereocenters. The second-order valence-electron chi connectivity index (χ2n) is 4.17. The lowest BCUT2D eigenvalue weighted by atomic mass is 10.1. The van der Waals surface area contributed by atoms with Crippen LogP contribution in [0.4, 0.5) is 5.69 Å². The van der Waals surface area contributed by atoms with Gasteiger partial charge < -0.3 is 15.8 Å². The predicted molar refractivity (Wildman–Crippen MR) is 69.5 cm³/mol. The summed E-state index contributed by atoms with van der Waals surface area (Å²) in [5, 5.41) is 11.8. The van der Waals surface area contributed by atoms with Gasteiger partial charge in [0.25, 0.3) is 0 Å². The molecule has 0 fully saturated rings. The molecule has 0 saturated heterocycles. The summed E-state index contributed by atoms with van der Waals surface area (Å²) in [4.78, 5) is 6.31. The van der Waals surface area contributed by atoms with Crippen molar-refractivity contribution < 1.29 is 5.21 Å². The number of amidine groups is 1. The maximum atomic E-state index is 8.79. The van der Waals surface area contributed by atoms with Gasteiger partial charge in [0.05, 0.1) is 11.9 Å². The maximum absolute atomic E-state index is 8.79. The zero-order valence-corrected chi connectivity index (χ0v) is 10.6. The summed E-state index contributed by atoms with van der Waals surface area (Å²) in [7, 11) is 0. The van der Waals surface area contributed by atoms with Crippen LogP contribution in [0.5, 0.6) is 0 Å². The summed E-state index contributed by atoms with van der Waals surface area (Å²) in [6, 6.07) is 2.10. The van der Waals surface area contributed by atoms with Crippen molar-refractivity contribution in [2.75, 3.05) is 11.4 Å². The minimum Gasteiger partial charge on any atom is -0.409 e. The van der Waals surface area contributed by atoms with Crippen molar-refractivity contribution in [3.05, 3.63) is 24.0 Å². The van der Waals surface area contributed by atoms with Gasteiger partial charge in [0.2, 0.25) is 0 Å². The molecule has 0 bridgehead atoms. The molecule has 5 heteroatoms. The number of oxime groups is 1. The Hall–Kier alpha value is -1.78. The van der Waals surface area contributed by atoms with Crippen LogP contribution in [0, 0.1) is 0 Å². The Kier molecular flexibility index (Phi) is 4.75. The molecule has 1 aromatic heterocycles. The van der Waals surface area contributed by atoms with Crippen LogP contribution in [-0.2, 0) is 0 Å². The normalized spacial score (nSPS) is 11.9. The van der Waals surface area contributed by atoms with E-state index in [1.54, 1.807) is 18.5 Å². The third kappa shape index (κ3) is 3.09. The van der Waals surface area contributed by atoms with E-state index in [2.05, 4.69) is 35.8 Å². The lowest BCUT2D eigenvalue weighted by Crippen LogP contribution is -2.33. The van der Waals surface area contributed by atoms with Crippen molar-refractivity contribution >= 4 is 11.5 Å². The Morgan fingerprint density at radius 3 is 2.82 bits per heavy atom. The molecule has 0 amide bonds. The first-order chi connectivity index (χ1) is 8.11. The zero-order chi connectivity index (χ0) is 12.8. The number of hydrogen-bond donors (Lipinski definition) is 2. The highest BCUT2D eigenvalue weighted by Gasteiger charge is 2.15. The lowest BCUT2D eigenvalue weighted by Gasteiger charge is -2.29. The third-order valence-electron chi connectivity index (χ3n) is 2.58. The molecule has 1 heterocycles. The lowest BCUT2D eigenvalue weighted by molar-refractivity contribution is 0.318. The molecule has 0 aromatic carbocycles. The molecule has 0 aliphatic rings. The first kappa shape index (κ1) is 13.3. The SMILES string of the molecule is CCCN(c1cnccc1/C(N)=N/O)C(C)C. The number of nitrogens with two attached hydrogens (primary N) is 1. The van der Waals surface area contributed by atoms with Gasteiger partial charge in [-0.05, 0) is 26.3 Å². The second kappa shape index (κ2) is 6.08. The summed E-state index contributed by atoms with van der Waals surface area (Å²) in [6.07, 6.45) is 4.42. The fourth-order valence-corrected chi connectivity index (χ4v) is 1.78. The maximum Gasteiger partial charge on any atom is 0.172 e. The van der Waals surface area contributed by atoms with E-state index in [4.69, 9.17) is 10.9 Å². The topological polar surface area (TPSA) is 74.7 Å². The van der Waals surface area contributed by atoms with Gasteiger partial charge in [0, 0.05) is 24.3 Å². The molecule has 0 atom stereocenters. The molecular weight excluding hydrogens is 216 g/mol. The molecule has 0 spiro atoms. The molecule has 5 nitrogen and oxygen atoms in total. The van der Waals surface area contributed by atoms with Gasteiger partial charge in [-0.3, -0.25) is 4.98 Å². The summed E-state index contributed by atoms with van der Waals surface area (Å²) in [6.45, 7) is 7.25. The average Bonchev–Trinajstić information content (AvgIpc) is 2.34. The largest absolute Gasteiger partial charge is 0.409 e.